The maximum atomic E-state index is 10.2. The van der Waals surface area contributed by atoms with Gasteiger partial charge in [-0.25, -0.2) is 9.59 Å². The molecule has 4 N–H and O–H groups in total. The number of halogens is 1. The van der Waals surface area contributed by atoms with Crippen molar-refractivity contribution in [3.05, 3.63) is 78.6 Å². The van der Waals surface area contributed by atoms with E-state index in [0.29, 0.717) is 11.4 Å². The van der Waals surface area contributed by atoms with Gasteiger partial charge in [0.2, 0.25) is 0 Å². The zero-order valence-electron chi connectivity index (χ0n) is 18.2. The number of amides is 2. The van der Waals surface area contributed by atoms with Gasteiger partial charge >= 0.3 is 70.6 Å². The van der Waals surface area contributed by atoms with Crippen LogP contribution in [0.2, 0.25) is 0 Å². The molecule has 0 bridgehead atoms. The molecule has 7 nitrogen and oxygen atoms in total. The first kappa shape index (κ1) is 30.7. The normalized spacial score (nSPS) is 9.09. The first-order chi connectivity index (χ1) is 15.4. The quantitative estimate of drug-likeness (QED) is 0.207. The molecular formula is C22H25ClN3O4S2Zn. The average Bonchev–Trinajstić information content (AvgIpc) is 2.81. The first-order valence-electron chi connectivity index (χ1n) is 9.34. The number of carboxylic acid groups (broad SMARTS) is 2. The molecule has 0 aliphatic rings. The van der Waals surface area contributed by atoms with Gasteiger partial charge in [0.15, 0.2) is 0 Å². The second kappa shape index (κ2) is 18.2. The van der Waals surface area contributed by atoms with Gasteiger partial charge in [0.05, 0.1) is 0 Å². The van der Waals surface area contributed by atoms with E-state index < -0.39 is 12.2 Å². The summed E-state index contributed by atoms with van der Waals surface area (Å²) in [6.45, 7) is 0. The van der Waals surface area contributed by atoms with Crippen molar-refractivity contribution < 1.29 is 38.1 Å². The van der Waals surface area contributed by atoms with Crippen LogP contribution in [0.4, 0.5) is 21.0 Å². The van der Waals surface area contributed by atoms with Gasteiger partial charge < -0.3 is 10.2 Å². The van der Waals surface area contributed by atoms with Gasteiger partial charge in [-0.2, -0.15) is 0 Å². The molecule has 11 heteroatoms. The van der Waals surface area contributed by atoms with Gasteiger partial charge in [-0.15, -0.1) is 35.9 Å². The molecule has 0 unspecified atom stereocenters. The minimum atomic E-state index is -1.04. The molecule has 1 aromatic heterocycles. The Morgan fingerprint density at radius 3 is 1.52 bits per heavy atom. The van der Waals surface area contributed by atoms with Crippen molar-refractivity contribution in [3.63, 3.8) is 0 Å². The number of thioether (sulfide) groups is 2. The number of carbonyl (C=O) groups is 2. The van der Waals surface area contributed by atoms with Gasteiger partial charge in [0, 0.05) is 21.2 Å². The van der Waals surface area contributed by atoms with Crippen LogP contribution in [0.5, 0.6) is 0 Å². The summed E-state index contributed by atoms with van der Waals surface area (Å²) in [4.78, 5) is 26.6. The molecule has 0 aliphatic carbocycles. The average molecular weight is 560 g/mol. The fourth-order valence-corrected chi connectivity index (χ4v) is 3.58. The van der Waals surface area contributed by atoms with Crippen LogP contribution in [0.15, 0.2) is 82.8 Å². The number of nitrogens with zero attached hydrogens (tertiary/aromatic N) is 1. The van der Waals surface area contributed by atoms with E-state index in [-0.39, 0.29) is 12.4 Å². The third kappa shape index (κ3) is 14.5. The van der Waals surface area contributed by atoms with Crippen LogP contribution < -0.4 is 10.6 Å². The predicted octanol–water partition coefficient (Wildman–Crippen LogP) is 6.55. The van der Waals surface area contributed by atoms with E-state index in [1.165, 1.54) is 28.9 Å². The van der Waals surface area contributed by atoms with Gasteiger partial charge in [0.1, 0.15) is 0 Å². The molecule has 0 aliphatic heterocycles. The molecule has 3 aromatic rings. The topological polar surface area (TPSA) is 112 Å². The second-order valence-electron chi connectivity index (χ2n) is 5.93. The number of hydrogen-bond donors (Lipinski definition) is 4. The molecule has 2 aromatic carbocycles. The van der Waals surface area contributed by atoms with Crippen molar-refractivity contribution in [2.24, 2.45) is 0 Å². The van der Waals surface area contributed by atoms with Gasteiger partial charge in [0.25, 0.3) is 0 Å². The van der Waals surface area contributed by atoms with Gasteiger partial charge in [-0.3, -0.25) is 10.6 Å². The summed E-state index contributed by atoms with van der Waals surface area (Å²) in [6.07, 6.45) is 5.60. The van der Waals surface area contributed by atoms with E-state index >= 15 is 0 Å². The molecule has 3 rings (SSSR count). The predicted molar refractivity (Wildman–Crippen MR) is 135 cm³/mol. The summed E-state index contributed by atoms with van der Waals surface area (Å²) in [7, 11) is 0. The monoisotopic (exact) mass is 558 g/mol. The van der Waals surface area contributed by atoms with E-state index in [1.807, 2.05) is 49.0 Å². The van der Waals surface area contributed by atoms with E-state index in [2.05, 4.69) is 21.7 Å². The molecule has 0 spiro atoms. The van der Waals surface area contributed by atoms with Gasteiger partial charge in [-0.1, -0.05) is 0 Å². The van der Waals surface area contributed by atoms with Crippen molar-refractivity contribution in [3.8, 4) is 0 Å². The summed E-state index contributed by atoms with van der Waals surface area (Å²) < 4.78 is 0. The molecule has 33 heavy (non-hydrogen) atoms. The minimum absolute atomic E-state index is 0. The fraction of sp³-hybridized carbons (Fsp3) is 0.136. The Morgan fingerprint density at radius 2 is 1.27 bits per heavy atom. The Bertz CT molecular complexity index is 891. The van der Waals surface area contributed by atoms with E-state index in [1.54, 1.807) is 54.0 Å². The summed E-state index contributed by atoms with van der Waals surface area (Å²) >= 11 is 4.57. The molecule has 2 amide bonds. The first-order valence-corrected chi connectivity index (χ1v) is 13.9. The van der Waals surface area contributed by atoms with Crippen molar-refractivity contribution >= 4 is 59.5 Å². The van der Waals surface area contributed by atoms with Crippen LogP contribution in [0.25, 0.3) is 0 Å². The van der Waals surface area contributed by atoms with Crippen LogP contribution >= 0.6 is 35.9 Å². The van der Waals surface area contributed by atoms with Crippen molar-refractivity contribution in [2.45, 2.75) is 14.8 Å². The number of hydrogen-bond acceptors (Lipinski definition) is 5. The molecule has 173 valence electrons. The van der Waals surface area contributed by atoms with Crippen LogP contribution in [-0.2, 0) is 23.3 Å². The number of anilines is 2. The maximum absolute atomic E-state index is 10.2. The third-order valence-corrected chi connectivity index (χ3v) is 6.39. The Labute approximate surface area is 218 Å². The third-order valence-electron chi connectivity index (χ3n) is 3.69. The van der Waals surface area contributed by atoms with Crippen molar-refractivity contribution in [2.75, 3.05) is 23.1 Å². The number of nitrogens with one attached hydrogen (secondary N) is 2. The summed E-state index contributed by atoms with van der Waals surface area (Å²) in [5, 5.41) is 22.5. The Balaban J connectivity index is 0.000000468. The Hall–Kier alpha value is -2.26. The number of pyridine rings is 1. The zero-order chi connectivity index (χ0) is 23.8. The molecule has 0 atom stereocenters. The second-order valence-corrected chi connectivity index (χ2v) is 8.74. The van der Waals surface area contributed by atoms with E-state index in [4.69, 9.17) is 10.2 Å². The number of aromatic nitrogens is 1. The van der Waals surface area contributed by atoms with E-state index in [0.717, 1.165) is 9.79 Å². The standard InChI is InChI=1S/2C8H9NO2S.C6H6N.ClH.Zn/c2*1-12-7-4-2-6(3-5-7)9-8(10)11;1-6-3-2-4-7-5-6;;/h2*2-5,9H,1H3,(H,10,11);2-5H,1H2;1H;. The number of rotatable bonds is 5. The summed E-state index contributed by atoms with van der Waals surface area (Å²) in [5.74, 6) is 0. The fourth-order valence-electron chi connectivity index (χ4n) is 2.14. The zero-order valence-corrected chi connectivity index (χ0v) is 23.6. The summed E-state index contributed by atoms with van der Waals surface area (Å²) in [5.41, 5.74) is 2.55. The Morgan fingerprint density at radius 1 is 0.848 bits per heavy atom. The Kier molecular flexibility index (Phi) is 17.0. The van der Waals surface area contributed by atoms with Crippen molar-refractivity contribution in [1.29, 1.82) is 0 Å². The SMILES string of the molecule is CSc1ccc(NC(=O)O)cc1.CSc1ccc(NC(=O)O)cc1.Cl.[Zn][CH2]c1cccnc1. The van der Waals surface area contributed by atoms with Crippen molar-refractivity contribution in [1.82, 2.24) is 4.98 Å². The molecular weight excluding hydrogens is 535 g/mol. The van der Waals surface area contributed by atoms with Crippen LogP contribution in [0.1, 0.15) is 5.56 Å². The molecule has 0 fully saturated rings. The van der Waals surface area contributed by atoms with Crippen LogP contribution in [-0.4, -0.2) is 39.9 Å². The van der Waals surface area contributed by atoms with Crippen LogP contribution in [0, 0.1) is 0 Å². The van der Waals surface area contributed by atoms with Crippen LogP contribution in [0.3, 0.4) is 0 Å². The van der Waals surface area contributed by atoms with E-state index in [9.17, 15) is 9.59 Å². The molecule has 1 heterocycles. The summed E-state index contributed by atoms with van der Waals surface area (Å²) in [6, 6.07) is 18.5. The molecule has 0 saturated carbocycles. The molecule has 0 radical (unpaired) electrons. The van der Waals surface area contributed by atoms with Gasteiger partial charge in [-0.05, 0) is 61.0 Å². The number of benzene rings is 2. The molecule has 0 saturated heterocycles.